The van der Waals surface area contributed by atoms with E-state index in [1.165, 1.54) is 23.8 Å². The van der Waals surface area contributed by atoms with E-state index in [-0.39, 0.29) is 11.6 Å². The van der Waals surface area contributed by atoms with Gasteiger partial charge in [-0.3, -0.25) is 9.59 Å². The van der Waals surface area contributed by atoms with Crippen molar-refractivity contribution in [3.05, 3.63) is 93.5 Å². The van der Waals surface area contributed by atoms with E-state index in [1.807, 2.05) is 56.3 Å². The number of carbonyl (C=O) groups is 2. The summed E-state index contributed by atoms with van der Waals surface area (Å²) in [5, 5.41) is 3.53. The Labute approximate surface area is 196 Å². The van der Waals surface area contributed by atoms with Crippen molar-refractivity contribution >= 4 is 46.6 Å². The quantitative estimate of drug-likeness (QED) is 0.456. The third-order valence-corrected chi connectivity index (χ3v) is 6.63. The van der Waals surface area contributed by atoms with Gasteiger partial charge >= 0.3 is 0 Å². The van der Waals surface area contributed by atoms with Crippen LogP contribution in [0.15, 0.2) is 82.2 Å². The van der Waals surface area contributed by atoms with E-state index in [2.05, 4.69) is 5.32 Å². The maximum absolute atomic E-state index is 13.5. The number of imide groups is 1. The normalized spacial score (nSPS) is 13.7. The van der Waals surface area contributed by atoms with Crippen molar-refractivity contribution in [1.29, 1.82) is 0 Å². The van der Waals surface area contributed by atoms with E-state index in [0.29, 0.717) is 27.1 Å². The molecule has 0 spiro atoms. The average molecular weight is 465 g/mol. The molecule has 1 aliphatic heterocycles. The fourth-order valence-electron chi connectivity index (χ4n) is 3.41. The Morgan fingerprint density at radius 2 is 1.69 bits per heavy atom. The number of halogens is 1. The number of thioether (sulfide) groups is 1. The highest BCUT2D eigenvalue weighted by Gasteiger charge is 2.41. The first-order valence-electron chi connectivity index (χ1n) is 9.93. The first kappa shape index (κ1) is 22.0. The summed E-state index contributed by atoms with van der Waals surface area (Å²) in [4.78, 5) is 29.4. The highest BCUT2D eigenvalue weighted by Crippen LogP contribution is 2.39. The number of hydrogen-bond acceptors (Lipinski definition) is 5. The van der Waals surface area contributed by atoms with Crippen LogP contribution >= 0.6 is 23.4 Å². The lowest BCUT2D eigenvalue weighted by molar-refractivity contribution is -0.120. The Morgan fingerprint density at radius 3 is 2.38 bits per heavy atom. The van der Waals surface area contributed by atoms with Gasteiger partial charge < -0.3 is 10.1 Å². The highest BCUT2D eigenvalue weighted by atomic mass is 35.5. The van der Waals surface area contributed by atoms with Gasteiger partial charge in [-0.1, -0.05) is 53.7 Å². The number of methoxy groups -OCH3 is 1. The molecule has 0 aromatic heterocycles. The van der Waals surface area contributed by atoms with Gasteiger partial charge in [0.2, 0.25) is 0 Å². The zero-order valence-corrected chi connectivity index (χ0v) is 19.4. The van der Waals surface area contributed by atoms with E-state index in [4.69, 9.17) is 16.3 Å². The lowest BCUT2D eigenvalue weighted by atomic mass is 10.1. The van der Waals surface area contributed by atoms with Crippen LogP contribution in [0.4, 0.5) is 11.4 Å². The molecule has 0 bridgehead atoms. The fourth-order valence-corrected chi connectivity index (χ4v) is 4.61. The minimum Gasteiger partial charge on any atom is -0.495 e. The predicted molar refractivity (Wildman–Crippen MR) is 129 cm³/mol. The molecule has 162 valence electrons. The summed E-state index contributed by atoms with van der Waals surface area (Å²) in [6, 6.07) is 20.2. The van der Waals surface area contributed by atoms with Gasteiger partial charge in [-0.05, 0) is 61.4 Å². The SMILES string of the molecule is COc1ccc(NC2=C(Sc3ccccc3)C(=O)N(c3cccc(C)c3C)C2=O)cc1Cl. The van der Waals surface area contributed by atoms with Crippen LogP contribution in [-0.2, 0) is 9.59 Å². The van der Waals surface area contributed by atoms with Crippen LogP contribution in [0.3, 0.4) is 0 Å². The molecule has 4 rings (SSSR count). The lowest BCUT2D eigenvalue weighted by Crippen LogP contribution is -2.33. The molecule has 5 nitrogen and oxygen atoms in total. The zero-order chi connectivity index (χ0) is 22.8. The Kier molecular flexibility index (Phi) is 6.26. The number of hydrogen-bond donors (Lipinski definition) is 1. The van der Waals surface area contributed by atoms with Crippen LogP contribution in [0, 0.1) is 13.8 Å². The largest absolute Gasteiger partial charge is 0.495 e. The van der Waals surface area contributed by atoms with Crippen LogP contribution in [-0.4, -0.2) is 18.9 Å². The molecule has 1 heterocycles. The standard InChI is InChI=1S/C25H21ClN2O3S/c1-15-8-7-11-20(16(15)2)28-24(29)22(27-17-12-13-21(31-3)19(26)14-17)23(25(28)30)32-18-9-5-4-6-10-18/h4-14,27H,1-3H3. The zero-order valence-electron chi connectivity index (χ0n) is 17.8. The van der Waals surface area contributed by atoms with Crippen molar-refractivity contribution in [2.24, 2.45) is 0 Å². The molecular formula is C25H21ClN2O3S. The summed E-state index contributed by atoms with van der Waals surface area (Å²) >= 11 is 7.52. The highest BCUT2D eigenvalue weighted by molar-refractivity contribution is 8.04. The van der Waals surface area contributed by atoms with E-state index in [0.717, 1.165) is 16.0 Å². The summed E-state index contributed by atoms with van der Waals surface area (Å²) < 4.78 is 5.20. The van der Waals surface area contributed by atoms with Gasteiger partial charge in [-0.2, -0.15) is 0 Å². The second kappa shape index (κ2) is 9.10. The summed E-state index contributed by atoms with van der Waals surface area (Å²) in [6.45, 7) is 3.86. The molecule has 0 saturated carbocycles. The van der Waals surface area contributed by atoms with Crippen LogP contribution in [0.1, 0.15) is 11.1 Å². The van der Waals surface area contributed by atoms with E-state index in [1.54, 1.807) is 24.3 Å². The molecule has 32 heavy (non-hydrogen) atoms. The summed E-state index contributed by atoms with van der Waals surface area (Å²) in [7, 11) is 1.53. The number of nitrogens with one attached hydrogen (secondary N) is 1. The smallest absolute Gasteiger partial charge is 0.283 e. The van der Waals surface area contributed by atoms with Crippen LogP contribution in [0.25, 0.3) is 0 Å². The van der Waals surface area contributed by atoms with Gasteiger partial charge in [0.15, 0.2) is 0 Å². The number of ether oxygens (including phenoxy) is 1. The van der Waals surface area contributed by atoms with Crippen molar-refractivity contribution in [3.63, 3.8) is 0 Å². The average Bonchev–Trinajstić information content (AvgIpc) is 3.01. The van der Waals surface area contributed by atoms with Gasteiger partial charge in [0.1, 0.15) is 16.4 Å². The molecule has 3 aromatic carbocycles. The molecular weight excluding hydrogens is 444 g/mol. The second-order valence-electron chi connectivity index (χ2n) is 7.26. The van der Waals surface area contributed by atoms with Gasteiger partial charge in [0.05, 0.1) is 17.8 Å². The lowest BCUT2D eigenvalue weighted by Gasteiger charge is -2.19. The van der Waals surface area contributed by atoms with Crippen LogP contribution in [0.2, 0.25) is 5.02 Å². The van der Waals surface area contributed by atoms with Crippen molar-refractivity contribution in [3.8, 4) is 5.75 Å². The van der Waals surface area contributed by atoms with E-state index >= 15 is 0 Å². The first-order valence-corrected chi connectivity index (χ1v) is 11.1. The van der Waals surface area contributed by atoms with Gasteiger partial charge in [0.25, 0.3) is 11.8 Å². The minimum atomic E-state index is -0.408. The molecule has 3 aromatic rings. The molecule has 7 heteroatoms. The van der Waals surface area contributed by atoms with Crippen molar-refractivity contribution in [1.82, 2.24) is 0 Å². The van der Waals surface area contributed by atoms with Gasteiger partial charge in [-0.25, -0.2) is 4.90 Å². The van der Waals surface area contributed by atoms with Gasteiger partial charge in [-0.15, -0.1) is 0 Å². The number of anilines is 2. The third kappa shape index (κ3) is 4.11. The molecule has 0 atom stereocenters. The Hall–Kier alpha value is -3.22. The molecule has 0 fully saturated rings. The van der Waals surface area contributed by atoms with E-state index in [9.17, 15) is 9.59 Å². The number of nitrogens with zero attached hydrogens (tertiary/aromatic N) is 1. The molecule has 0 unspecified atom stereocenters. The number of amides is 2. The number of rotatable bonds is 6. The molecule has 0 saturated heterocycles. The summed E-state index contributed by atoms with van der Waals surface area (Å²) in [5.74, 6) is -0.246. The molecule has 2 amide bonds. The van der Waals surface area contributed by atoms with Crippen molar-refractivity contribution < 1.29 is 14.3 Å². The monoisotopic (exact) mass is 464 g/mol. The maximum atomic E-state index is 13.5. The Balaban J connectivity index is 1.77. The van der Waals surface area contributed by atoms with Gasteiger partial charge in [0, 0.05) is 10.6 Å². The van der Waals surface area contributed by atoms with Crippen LogP contribution in [0.5, 0.6) is 5.75 Å². The summed E-state index contributed by atoms with van der Waals surface area (Å²) in [5.41, 5.74) is 3.26. The van der Waals surface area contributed by atoms with Crippen molar-refractivity contribution in [2.45, 2.75) is 18.7 Å². The third-order valence-electron chi connectivity index (χ3n) is 5.24. The Morgan fingerprint density at radius 1 is 0.938 bits per heavy atom. The topological polar surface area (TPSA) is 58.6 Å². The molecule has 1 N–H and O–H groups in total. The fraction of sp³-hybridized carbons (Fsp3) is 0.120. The van der Waals surface area contributed by atoms with Crippen LogP contribution < -0.4 is 15.0 Å². The maximum Gasteiger partial charge on any atom is 0.283 e. The molecule has 0 aliphatic carbocycles. The van der Waals surface area contributed by atoms with E-state index < -0.39 is 5.91 Å². The second-order valence-corrected chi connectivity index (χ2v) is 8.75. The predicted octanol–water partition coefficient (Wildman–Crippen LogP) is 5.95. The summed E-state index contributed by atoms with van der Waals surface area (Å²) in [6.07, 6.45) is 0. The minimum absolute atomic E-state index is 0.214. The van der Waals surface area contributed by atoms with Crippen molar-refractivity contribution in [2.75, 3.05) is 17.3 Å². The number of aryl methyl sites for hydroxylation is 1. The number of benzene rings is 3. The number of carbonyl (C=O) groups excluding carboxylic acids is 2. The molecule has 0 radical (unpaired) electrons. The first-order chi connectivity index (χ1) is 15.4. The molecule has 1 aliphatic rings. The Bertz CT molecular complexity index is 1240.